The van der Waals surface area contributed by atoms with E-state index < -0.39 is 23.4 Å². The molecule has 3 atom stereocenters. The van der Waals surface area contributed by atoms with E-state index >= 15 is 0 Å². The number of hydrogen-bond donors (Lipinski definition) is 4. The lowest BCUT2D eigenvalue weighted by atomic mass is 9.89. The molecule has 198 valence electrons. The molecule has 0 unspecified atom stereocenters. The summed E-state index contributed by atoms with van der Waals surface area (Å²) in [6.07, 6.45) is 15.6. The summed E-state index contributed by atoms with van der Waals surface area (Å²) in [5.74, 6) is 0. The van der Waals surface area contributed by atoms with E-state index in [1.54, 1.807) is 20.8 Å². The van der Waals surface area contributed by atoms with Crippen molar-refractivity contribution in [3.63, 3.8) is 0 Å². The molecule has 0 heterocycles. The Hall–Kier alpha value is -1.20. The molecule has 0 rings (SSSR count). The molecule has 4 N–H and O–H groups in total. The topological polar surface area (TPSA) is 80.9 Å². The van der Waals surface area contributed by atoms with Crippen LogP contribution in [-0.4, -0.2) is 43.8 Å². The first-order valence-corrected chi connectivity index (χ1v) is 13.1. The summed E-state index contributed by atoms with van der Waals surface area (Å²) in [5, 5.41) is 40.7. The van der Waals surface area contributed by atoms with E-state index in [-0.39, 0.29) is 0 Å². The fourth-order valence-corrected chi connectivity index (χ4v) is 3.72. The minimum Gasteiger partial charge on any atom is -0.390 e. The van der Waals surface area contributed by atoms with E-state index in [1.165, 1.54) is 22.3 Å². The minimum absolute atomic E-state index is 0.573. The van der Waals surface area contributed by atoms with Crippen molar-refractivity contribution in [2.75, 3.05) is 0 Å². The molecule has 0 spiro atoms. The van der Waals surface area contributed by atoms with Gasteiger partial charge in [0.2, 0.25) is 0 Å². The number of aliphatic hydroxyl groups excluding tert-OH is 2. The second-order valence-corrected chi connectivity index (χ2v) is 11.2. The molecule has 34 heavy (non-hydrogen) atoms. The van der Waals surface area contributed by atoms with Gasteiger partial charge in [0.25, 0.3) is 0 Å². The normalized spacial score (nSPS) is 17.4. The highest BCUT2D eigenvalue weighted by molar-refractivity contribution is 5.06. The molecule has 0 radical (unpaired) electrons. The monoisotopic (exact) mass is 478 g/mol. The van der Waals surface area contributed by atoms with Gasteiger partial charge in [0, 0.05) is 0 Å². The van der Waals surface area contributed by atoms with Crippen molar-refractivity contribution < 1.29 is 20.4 Å². The Morgan fingerprint density at radius 1 is 0.618 bits per heavy atom. The lowest BCUT2D eigenvalue weighted by Crippen LogP contribution is -2.39. The van der Waals surface area contributed by atoms with E-state index in [0.29, 0.717) is 19.3 Å². The molecule has 4 heteroatoms. The van der Waals surface area contributed by atoms with E-state index in [2.05, 4.69) is 45.1 Å². The summed E-state index contributed by atoms with van der Waals surface area (Å²) in [4.78, 5) is 0. The quantitative estimate of drug-likeness (QED) is 0.135. The maximum atomic E-state index is 10.5. The average molecular weight is 479 g/mol. The smallest absolute Gasteiger partial charge is 0.0880 e. The molecular weight excluding hydrogens is 424 g/mol. The van der Waals surface area contributed by atoms with E-state index in [9.17, 15) is 20.4 Å². The summed E-state index contributed by atoms with van der Waals surface area (Å²) in [5.41, 5.74) is 3.05. The number of aliphatic hydroxyl groups is 4. The molecule has 0 saturated carbocycles. The maximum absolute atomic E-state index is 10.5. The molecule has 0 aliphatic heterocycles. The van der Waals surface area contributed by atoms with Gasteiger partial charge in [-0.05, 0) is 120 Å². The van der Waals surface area contributed by atoms with E-state index in [0.717, 1.165) is 44.9 Å². The van der Waals surface area contributed by atoms with Crippen molar-refractivity contribution in [2.24, 2.45) is 0 Å². The van der Waals surface area contributed by atoms with Crippen molar-refractivity contribution in [3.05, 3.63) is 46.6 Å². The van der Waals surface area contributed by atoms with Crippen LogP contribution in [0.4, 0.5) is 0 Å². The third kappa shape index (κ3) is 16.4. The molecule has 0 aliphatic rings. The number of hydrogen-bond acceptors (Lipinski definition) is 4. The van der Waals surface area contributed by atoms with Crippen LogP contribution >= 0.6 is 0 Å². The van der Waals surface area contributed by atoms with Crippen molar-refractivity contribution in [1.82, 2.24) is 0 Å². The van der Waals surface area contributed by atoms with Crippen LogP contribution in [0.3, 0.4) is 0 Å². The van der Waals surface area contributed by atoms with Crippen molar-refractivity contribution in [1.29, 1.82) is 0 Å². The SMILES string of the molecule is CC(C)=CCC[C@](C)(O)[C@H](O)CC/C(C)=C/CC/C=C(\C)CC/C=C(\C)CC[C@H](O)C(C)(C)O. The van der Waals surface area contributed by atoms with Crippen LogP contribution < -0.4 is 0 Å². The molecule has 0 amide bonds. The van der Waals surface area contributed by atoms with Gasteiger partial charge >= 0.3 is 0 Å². The molecular formula is C30H54O4. The Labute approximate surface area is 210 Å². The Morgan fingerprint density at radius 3 is 1.53 bits per heavy atom. The fraction of sp³-hybridized carbons (Fsp3) is 0.733. The van der Waals surface area contributed by atoms with Gasteiger partial charge in [-0.2, -0.15) is 0 Å². The highest BCUT2D eigenvalue weighted by Gasteiger charge is 2.29. The van der Waals surface area contributed by atoms with E-state index in [4.69, 9.17) is 0 Å². The lowest BCUT2D eigenvalue weighted by Gasteiger charge is -2.29. The first kappa shape index (κ1) is 32.8. The first-order valence-electron chi connectivity index (χ1n) is 13.1. The molecule has 0 fully saturated rings. The van der Waals surface area contributed by atoms with Gasteiger partial charge < -0.3 is 20.4 Å². The average Bonchev–Trinajstić information content (AvgIpc) is 2.72. The highest BCUT2D eigenvalue weighted by Crippen LogP contribution is 2.23. The van der Waals surface area contributed by atoms with Gasteiger partial charge in [-0.15, -0.1) is 0 Å². The van der Waals surface area contributed by atoms with Crippen LogP contribution in [0, 0.1) is 0 Å². The molecule has 0 bridgehead atoms. The third-order valence-corrected chi connectivity index (χ3v) is 6.54. The van der Waals surface area contributed by atoms with Gasteiger partial charge in [-0.1, -0.05) is 46.6 Å². The Bertz CT molecular complexity index is 685. The van der Waals surface area contributed by atoms with Crippen LogP contribution in [0.25, 0.3) is 0 Å². The zero-order valence-electron chi connectivity index (χ0n) is 23.3. The summed E-state index contributed by atoms with van der Waals surface area (Å²) in [7, 11) is 0. The van der Waals surface area contributed by atoms with Crippen molar-refractivity contribution in [3.8, 4) is 0 Å². The lowest BCUT2D eigenvalue weighted by molar-refractivity contribution is -0.0691. The first-order chi connectivity index (χ1) is 15.6. The van der Waals surface area contributed by atoms with Gasteiger partial charge in [0.05, 0.1) is 23.4 Å². The van der Waals surface area contributed by atoms with Crippen LogP contribution in [0.15, 0.2) is 46.6 Å². The van der Waals surface area contributed by atoms with Crippen LogP contribution in [0.5, 0.6) is 0 Å². The Kier molecular flexibility index (Phi) is 15.9. The number of allylic oxidation sites excluding steroid dienone is 8. The second kappa shape index (κ2) is 16.5. The molecule has 4 nitrogen and oxygen atoms in total. The number of unbranched alkanes of at least 4 members (excludes halogenated alkanes) is 1. The fourth-order valence-electron chi connectivity index (χ4n) is 3.72. The van der Waals surface area contributed by atoms with Crippen molar-refractivity contribution >= 4 is 0 Å². The standard InChI is InChI=1S/C30H54O4/c1-23(2)13-12-22-30(8,34)28(32)21-19-25(4)15-10-9-14-24(3)16-11-17-26(5)18-20-27(31)29(6,7)33/h13-15,17,27-28,31-34H,9-12,16,18-22H2,1-8H3/b24-14+,25-15+,26-17+/t27-,28+,30-/m0/s1. The van der Waals surface area contributed by atoms with E-state index in [1.807, 2.05) is 13.8 Å². The van der Waals surface area contributed by atoms with Gasteiger partial charge in [-0.25, -0.2) is 0 Å². The summed E-state index contributed by atoms with van der Waals surface area (Å²) in [6.45, 7) is 15.5. The molecule has 0 saturated heterocycles. The number of rotatable bonds is 17. The summed E-state index contributed by atoms with van der Waals surface area (Å²) in [6, 6.07) is 0. The maximum Gasteiger partial charge on any atom is 0.0880 e. The third-order valence-electron chi connectivity index (χ3n) is 6.54. The second-order valence-electron chi connectivity index (χ2n) is 11.2. The van der Waals surface area contributed by atoms with Crippen LogP contribution in [-0.2, 0) is 0 Å². The summed E-state index contributed by atoms with van der Waals surface area (Å²) >= 11 is 0. The zero-order chi connectivity index (χ0) is 26.4. The van der Waals surface area contributed by atoms with Crippen LogP contribution in [0.2, 0.25) is 0 Å². The highest BCUT2D eigenvalue weighted by atomic mass is 16.3. The predicted octanol–water partition coefficient (Wildman–Crippen LogP) is 6.94. The Balaban J connectivity index is 4.26. The largest absolute Gasteiger partial charge is 0.390 e. The molecule has 0 aromatic rings. The van der Waals surface area contributed by atoms with Crippen LogP contribution in [0.1, 0.15) is 120 Å². The predicted molar refractivity (Wildman–Crippen MR) is 146 cm³/mol. The minimum atomic E-state index is -1.05. The summed E-state index contributed by atoms with van der Waals surface area (Å²) < 4.78 is 0. The van der Waals surface area contributed by atoms with Gasteiger partial charge in [-0.3, -0.25) is 0 Å². The molecule has 0 aromatic carbocycles. The van der Waals surface area contributed by atoms with Gasteiger partial charge in [0.1, 0.15) is 0 Å². The molecule has 0 aliphatic carbocycles. The van der Waals surface area contributed by atoms with Crippen molar-refractivity contribution in [2.45, 2.75) is 143 Å². The van der Waals surface area contributed by atoms with Gasteiger partial charge in [0.15, 0.2) is 0 Å². The zero-order valence-corrected chi connectivity index (χ0v) is 23.3. The molecule has 0 aromatic heterocycles. The Morgan fingerprint density at radius 2 is 1.06 bits per heavy atom.